The zero-order valence-electron chi connectivity index (χ0n) is 12.4. The topological polar surface area (TPSA) is 47.0 Å². The van der Waals surface area contributed by atoms with Gasteiger partial charge in [-0.25, -0.2) is 9.37 Å². The van der Waals surface area contributed by atoms with Gasteiger partial charge in [-0.2, -0.15) is 4.98 Å². The minimum atomic E-state index is -0.506. The van der Waals surface area contributed by atoms with E-state index in [1.165, 1.54) is 0 Å². The van der Waals surface area contributed by atoms with Crippen LogP contribution in [0.4, 0.5) is 10.2 Å². The molecule has 0 atom stereocenters. The van der Waals surface area contributed by atoms with Crippen molar-refractivity contribution in [3.8, 4) is 6.01 Å². The van der Waals surface area contributed by atoms with Crippen LogP contribution in [0.5, 0.6) is 6.01 Å². The summed E-state index contributed by atoms with van der Waals surface area (Å²) in [5.74, 6) is -0.375. The Morgan fingerprint density at radius 2 is 1.57 bits per heavy atom. The van der Waals surface area contributed by atoms with Crippen LogP contribution in [0, 0.1) is 5.82 Å². The van der Waals surface area contributed by atoms with Gasteiger partial charge >= 0.3 is 6.01 Å². The van der Waals surface area contributed by atoms with Crippen molar-refractivity contribution in [2.75, 3.05) is 5.32 Å². The molecule has 0 aliphatic carbocycles. The fourth-order valence-corrected chi connectivity index (χ4v) is 2.05. The van der Waals surface area contributed by atoms with Crippen LogP contribution in [0.25, 0.3) is 0 Å². The fraction of sp³-hybridized carbons (Fsp3) is 0.111. The molecule has 4 nitrogen and oxygen atoms in total. The van der Waals surface area contributed by atoms with E-state index in [1.54, 1.807) is 0 Å². The molecule has 116 valence electrons. The normalized spacial score (nSPS) is 10.3. The summed E-state index contributed by atoms with van der Waals surface area (Å²) in [5, 5.41) is 2.96. The zero-order chi connectivity index (χ0) is 15.9. The Kier molecular flexibility index (Phi) is 4.79. The zero-order valence-corrected chi connectivity index (χ0v) is 12.4. The number of ether oxygens (including phenoxy) is 1. The lowest BCUT2D eigenvalue weighted by Crippen LogP contribution is -2.07. The van der Waals surface area contributed by atoms with Gasteiger partial charge in [-0.05, 0) is 11.1 Å². The largest absolute Gasteiger partial charge is 0.459 e. The summed E-state index contributed by atoms with van der Waals surface area (Å²) in [6.45, 7) is 0.817. The first-order chi connectivity index (χ1) is 11.3. The van der Waals surface area contributed by atoms with Crippen molar-refractivity contribution in [2.24, 2.45) is 0 Å². The second-order valence-corrected chi connectivity index (χ2v) is 4.96. The van der Waals surface area contributed by atoms with E-state index in [0.717, 1.165) is 17.3 Å². The molecule has 3 aromatic rings. The standard InChI is InChI=1S/C18H16FN3O/c19-16-12-21-18(23-13-15-9-5-2-6-10-15)22-17(16)20-11-14-7-3-1-4-8-14/h1-10,12H,11,13H2,(H,20,21,22). The SMILES string of the molecule is Fc1cnc(OCc2ccccc2)nc1NCc1ccccc1. The Labute approximate surface area is 134 Å². The van der Waals surface area contributed by atoms with Crippen LogP contribution in [0.1, 0.15) is 11.1 Å². The summed E-state index contributed by atoms with van der Waals surface area (Å²) >= 11 is 0. The Morgan fingerprint density at radius 1 is 0.913 bits per heavy atom. The van der Waals surface area contributed by atoms with Gasteiger partial charge in [-0.1, -0.05) is 60.7 Å². The number of rotatable bonds is 6. The molecular weight excluding hydrogens is 293 g/mol. The maximum Gasteiger partial charge on any atom is 0.318 e. The molecule has 0 unspecified atom stereocenters. The molecule has 5 heteroatoms. The van der Waals surface area contributed by atoms with Gasteiger partial charge in [0, 0.05) is 6.54 Å². The van der Waals surface area contributed by atoms with Crippen LogP contribution in [0.15, 0.2) is 66.9 Å². The van der Waals surface area contributed by atoms with Crippen molar-refractivity contribution in [1.29, 1.82) is 0 Å². The molecular formula is C18H16FN3O. The number of nitrogens with one attached hydrogen (secondary N) is 1. The molecule has 0 aliphatic rings. The maximum absolute atomic E-state index is 13.8. The van der Waals surface area contributed by atoms with Gasteiger partial charge in [0.2, 0.25) is 0 Å². The maximum atomic E-state index is 13.8. The molecule has 1 aromatic heterocycles. The molecule has 23 heavy (non-hydrogen) atoms. The highest BCUT2D eigenvalue weighted by atomic mass is 19.1. The first-order valence-corrected chi connectivity index (χ1v) is 7.28. The smallest absolute Gasteiger partial charge is 0.318 e. The Balaban J connectivity index is 1.64. The third-order valence-electron chi connectivity index (χ3n) is 3.24. The van der Waals surface area contributed by atoms with Crippen molar-refractivity contribution in [3.05, 3.63) is 83.8 Å². The molecule has 0 bridgehead atoms. The quantitative estimate of drug-likeness (QED) is 0.752. The summed E-state index contributed by atoms with van der Waals surface area (Å²) in [4.78, 5) is 7.94. The second-order valence-electron chi connectivity index (χ2n) is 4.96. The number of halogens is 1. The molecule has 1 heterocycles. The molecule has 0 radical (unpaired) electrons. The number of aromatic nitrogens is 2. The minimum absolute atomic E-state index is 0.131. The first kappa shape index (κ1) is 15.0. The van der Waals surface area contributed by atoms with E-state index in [0.29, 0.717) is 13.2 Å². The third-order valence-corrected chi connectivity index (χ3v) is 3.24. The Bertz CT molecular complexity index is 751. The van der Waals surface area contributed by atoms with Crippen LogP contribution in [-0.4, -0.2) is 9.97 Å². The highest BCUT2D eigenvalue weighted by Gasteiger charge is 2.08. The van der Waals surface area contributed by atoms with Crippen molar-refractivity contribution < 1.29 is 9.13 Å². The van der Waals surface area contributed by atoms with E-state index in [1.807, 2.05) is 60.7 Å². The average Bonchev–Trinajstić information content (AvgIpc) is 2.62. The van der Waals surface area contributed by atoms with E-state index in [4.69, 9.17) is 4.74 Å². The predicted octanol–water partition coefficient (Wildman–Crippen LogP) is 3.81. The third kappa shape index (κ3) is 4.26. The number of anilines is 1. The van der Waals surface area contributed by atoms with Gasteiger partial charge in [0.25, 0.3) is 0 Å². The second kappa shape index (κ2) is 7.35. The molecule has 0 amide bonds. The van der Waals surface area contributed by atoms with Crippen LogP contribution < -0.4 is 10.1 Å². The molecule has 3 rings (SSSR count). The summed E-state index contributed by atoms with van der Waals surface area (Å²) in [6, 6.07) is 19.5. The number of benzene rings is 2. The summed E-state index contributed by atoms with van der Waals surface area (Å²) < 4.78 is 19.3. The van der Waals surface area contributed by atoms with Gasteiger partial charge in [0.1, 0.15) is 6.61 Å². The Hall–Kier alpha value is -2.95. The average molecular weight is 309 g/mol. The van der Waals surface area contributed by atoms with E-state index in [-0.39, 0.29) is 11.8 Å². The summed E-state index contributed by atoms with van der Waals surface area (Å²) in [6.07, 6.45) is 1.11. The summed E-state index contributed by atoms with van der Waals surface area (Å²) in [5.41, 5.74) is 2.04. The lowest BCUT2D eigenvalue weighted by Gasteiger charge is -2.09. The van der Waals surface area contributed by atoms with Crippen LogP contribution >= 0.6 is 0 Å². The molecule has 1 N–H and O–H groups in total. The van der Waals surface area contributed by atoms with Gasteiger partial charge in [-0.15, -0.1) is 0 Å². The molecule has 0 saturated carbocycles. The van der Waals surface area contributed by atoms with Gasteiger partial charge in [-0.3, -0.25) is 0 Å². The van der Waals surface area contributed by atoms with Crippen molar-refractivity contribution >= 4 is 5.82 Å². The highest BCUT2D eigenvalue weighted by molar-refractivity contribution is 5.37. The van der Waals surface area contributed by atoms with Gasteiger partial charge < -0.3 is 10.1 Å². The van der Waals surface area contributed by atoms with E-state index in [9.17, 15) is 4.39 Å². The van der Waals surface area contributed by atoms with E-state index in [2.05, 4.69) is 15.3 Å². The van der Waals surface area contributed by atoms with Crippen LogP contribution in [0.2, 0.25) is 0 Å². The number of hydrogen-bond donors (Lipinski definition) is 1. The van der Waals surface area contributed by atoms with Crippen molar-refractivity contribution in [2.45, 2.75) is 13.2 Å². The van der Waals surface area contributed by atoms with E-state index >= 15 is 0 Å². The highest BCUT2D eigenvalue weighted by Crippen LogP contribution is 2.15. The lowest BCUT2D eigenvalue weighted by atomic mass is 10.2. The fourth-order valence-electron chi connectivity index (χ4n) is 2.05. The summed E-state index contributed by atoms with van der Waals surface area (Å²) in [7, 11) is 0. The molecule has 0 spiro atoms. The van der Waals surface area contributed by atoms with Gasteiger partial charge in [0.05, 0.1) is 6.20 Å². The van der Waals surface area contributed by atoms with E-state index < -0.39 is 5.82 Å². The predicted molar refractivity (Wildman–Crippen MR) is 86.5 cm³/mol. The molecule has 2 aromatic carbocycles. The van der Waals surface area contributed by atoms with Crippen molar-refractivity contribution in [3.63, 3.8) is 0 Å². The van der Waals surface area contributed by atoms with Crippen LogP contribution in [0.3, 0.4) is 0 Å². The van der Waals surface area contributed by atoms with Gasteiger partial charge in [0.15, 0.2) is 11.6 Å². The molecule has 0 aliphatic heterocycles. The van der Waals surface area contributed by atoms with Crippen molar-refractivity contribution in [1.82, 2.24) is 9.97 Å². The number of hydrogen-bond acceptors (Lipinski definition) is 4. The number of nitrogens with zero attached hydrogens (tertiary/aromatic N) is 2. The first-order valence-electron chi connectivity index (χ1n) is 7.28. The lowest BCUT2D eigenvalue weighted by molar-refractivity contribution is 0.280. The monoisotopic (exact) mass is 309 g/mol. The van der Waals surface area contributed by atoms with Crippen LogP contribution in [-0.2, 0) is 13.2 Å². The Morgan fingerprint density at radius 3 is 2.26 bits per heavy atom. The molecule has 0 saturated heterocycles. The molecule has 0 fully saturated rings. The minimum Gasteiger partial charge on any atom is -0.459 e.